The number of aryl methyl sites for hydroxylation is 3. The van der Waals surface area contributed by atoms with E-state index < -0.39 is 6.03 Å². The Hall–Kier alpha value is -4.31. The molecule has 0 saturated heterocycles. The number of amides is 3. The highest BCUT2D eigenvalue weighted by molar-refractivity contribution is 7.22. The van der Waals surface area contributed by atoms with Crippen molar-refractivity contribution in [3.8, 4) is 17.2 Å². The molecule has 0 aliphatic carbocycles. The molecule has 1 aromatic heterocycles. The lowest BCUT2D eigenvalue weighted by atomic mass is 10.0. The van der Waals surface area contributed by atoms with Gasteiger partial charge in [-0.2, -0.15) is 0 Å². The molecular formula is C27H28N4O5S. The van der Waals surface area contributed by atoms with E-state index in [-0.39, 0.29) is 5.91 Å². The van der Waals surface area contributed by atoms with Gasteiger partial charge in [-0.3, -0.25) is 10.1 Å². The normalized spacial score (nSPS) is 10.6. The zero-order chi connectivity index (χ0) is 26.7. The number of hydrogen-bond acceptors (Lipinski definition) is 7. The first-order valence-electron chi connectivity index (χ1n) is 11.4. The van der Waals surface area contributed by atoms with Crippen LogP contribution in [-0.4, -0.2) is 38.3 Å². The molecule has 0 aliphatic heterocycles. The molecule has 192 valence electrons. The second-order valence-electron chi connectivity index (χ2n) is 8.42. The van der Waals surface area contributed by atoms with Crippen LogP contribution in [0.2, 0.25) is 0 Å². The molecule has 0 saturated carbocycles. The molecule has 0 bridgehead atoms. The Labute approximate surface area is 218 Å². The van der Waals surface area contributed by atoms with E-state index in [4.69, 9.17) is 14.2 Å². The van der Waals surface area contributed by atoms with Gasteiger partial charge in [0.1, 0.15) is 5.75 Å². The Morgan fingerprint density at radius 3 is 2.08 bits per heavy atom. The van der Waals surface area contributed by atoms with E-state index in [1.807, 2.05) is 32.9 Å². The van der Waals surface area contributed by atoms with E-state index in [9.17, 15) is 9.59 Å². The van der Waals surface area contributed by atoms with Crippen molar-refractivity contribution in [1.82, 2.24) is 4.98 Å². The van der Waals surface area contributed by atoms with Crippen molar-refractivity contribution in [2.75, 3.05) is 37.3 Å². The van der Waals surface area contributed by atoms with Crippen LogP contribution in [-0.2, 0) is 0 Å². The fourth-order valence-corrected chi connectivity index (χ4v) is 4.96. The van der Waals surface area contributed by atoms with Crippen molar-refractivity contribution in [3.63, 3.8) is 0 Å². The maximum atomic E-state index is 13.0. The Bertz CT molecular complexity index is 1470. The number of benzene rings is 3. The molecule has 1 heterocycles. The van der Waals surface area contributed by atoms with Crippen LogP contribution in [0.3, 0.4) is 0 Å². The second kappa shape index (κ2) is 10.8. The summed E-state index contributed by atoms with van der Waals surface area (Å²) in [6.45, 7) is 5.98. The van der Waals surface area contributed by atoms with Gasteiger partial charge in [0.05, 0.1) is 37.2 Å². The number of nitrogens with one attached hydrogen (secondary N) is 3. The molecule has 3 N–H and O–H groups in total. The van der Waals surface area contributed by atoms with Crippen molar-refractivity contribution in [2.45, 2.75) is 20.8 Å². The minimum Gasteiger partial charge on any atom is -0.494 e. The molecule has 9 nitrogen and oxygen atoms in total. The molecule has 0 radical (unpaired) electrons. The molecule has 4 rings (SSSR count). The first-order valence-corrected chi connectivity index (χ1v) is 12.2. The van der Waals surface area contributed by atoms with E-state index in [1.54, 1.807) is 30.3 Å². The van der Waals surface area contributed by atoms with Gasteiger partial charge in [-0.05, 0) is 50.1 Å². The van der Waals surface area contributed by atoms with Gasteiger partial charge in [-0.25, -0.2) is 9.78 Å². The fourth-order valence-electron chi connectivity index (χ4n) is 4.06. The maximum absolute atomic E-state index is 13.0. The van der Waals surface area contributed by atoms with Gasteiger partial charge in [0.2, 0.25) is 0 Å². The Morgan fingerprint density at radius 1 is 0.784 bits per heavy atom. The van der Waals surface area contributed by atoms with Gasteiger partial charge in [-0.15, -0.1) is 0 Å². The third-order valence-corrected chi connectivity index (χ3v) is 6.67. The third-order valence-electron chi connectivity index (χ3n) is 5.74. The SMILES string of the molecule is COc1cc(OC)c(OC)cc1NC(=O)Nc1nc2ccc(C(=O)Nc3c(C)cc(C)cc3C)cc2s1. The highest BCUT2D eigenvalue weighted by Crippen LogP contribution is 2.38. The highest BCUT2D eigenvalue weighted by atomic mass is 32.1. The zero-order valence-corrected chi connectivity index (χ0v) is 22.3. The number of nitrogens with zero attached hydrogens (tertiary/aromatic N) is 1. The molecule has 0 fully saturated rings. The maximum Gasteiger partial charge on any atom is 0.325 e. The summed E-state index contributed by atoms with van der Waals surface area (Å²) in [5, 5.41) is 8.88. The molecule has 10 heteroatoms. The van der Waals surface area contributed by atoms with Gasteiger partial charge >= 0.3 is 6.03 Å². The number of carbonyl (C=O) groups is 2. The largest absolute Gasteiger partial charge is 0.494 e. The van der Waals surface area contributed by atoms with Crippen LogP contribution in [0.1, 0.15) is 27.0 Å². The van der Waals surface area contributed by atoms with Crippen LogP contribution in [0.5, 0.6) is 17.2 Å². The molecule has 3 aromatic carbocycles. The summed E-state index contributed by atoms with van der Waals surface area (Å²) in [7, 11) is 4.52. The van der Waals surface area contributed by atoms with Gasteiger partial charge in [-0.1, -0.05) is 29.0 Å². The van der Waals surface area contributed by atoms with E-state index in [2.05, 4.69) is 20.9 Å². The molecular weight excluding hydrogens is 492 g/mol. The van der Waals surface area contributed by atoms with Crippen molar-refractivity contribution in [1.29, 1.82) is 0 Å². The standard InChI is InChI=1S/C27H28N4O5S/c1-14-9-15(2)24(16(3)10-14)30-25(32)17-7-8-18-23(11-17)37-27(29-18)31-26(33)28-19-12-21(35-5)22(36-6)13-20(19)34-4/h7-13H,1-6H3,(H,30,32)(H2,28,29,31,33). The van der Waals surface area contributed by atoms with Crippen LogP contribution in [0.25, 0.3) is 10.2 Å². The van der Waals surface area contributed by atoms with E-state index >= 15 is 0 Å². The van der Waals surface area contributed by atoms with Gasteiger partial charge in [0.25, 0.3) is 5.91 Å². The molecule has 0 spiro atoms. The summed E-state index contributed by atoms with van der Waals surface area (Å²) in [5.41, 5.74) is 5.54. The quantitative estimate of drug-likeness (QED) is 0.270. The average Bonchev–Trinajstić information content (AvgIpc) is 3.26. The van der Waals surface area contributed by atoms with Crippen LogP contribution >= 0.6 is 11.3 Å². The lowest BCUT2D eigenvalue weighted by Crippen LogP contribution is -2.19. The first kappa shape index (κ1) is 25.8. The summed E-state index contributed by atoms with van der Waals surface area (Å²) >= 11 is 1.27. The molecule has 0 aliphatic rings. The number of aromatic nitrogens is 1. The van der Waals surface area contributed by atoms with Crippen molar-refractivity contribution in [3.05, 3.63) is 64.7 Å². The number of urea groups is 1. The number of fused-ring (bicyclic) bond motifs is 1. The number of carbonyl (C=O) groups excluding carboxylic acids is 2. The summed E-state index contributed by atoms with van der Waals surface area (Å²) in [4.78, 5) is 30.1. The lowest BCUT2D eigenvalue weighted by Gasteiger charge is -2.14. The highest BCUT2D eigenvalue weighted by Gasteiger charge is 2.16. The number of thiazole rings is 1. The molecule has 37 heavy (non-hydrogen) atoms. The molecule has 4 aromatic rings. The van der Waals surface area contributed by atoms with Crippen LogP contribution in [0.15, 0.2) is 42.5 Å². The fraction of sp³-hybridized carbons (Fsp3) is 0.222. The van der Waals surface area contributed by atoms with Gasteiger partial charge < -0.3 is 24.8 Å². The van der Waals surface area contributed by atoms with Crippen molar-refractivity contribution >= 4 is 50.0 Å². The number of rotatable bonds is 7. The zero-order valence-electron chi connectivity index (χ0n) is 21.4. The Balaban J connectivity index is 1.50. The topological polar surface area (TPSA) is 111 Å². The summed E-state index contributed by atoms with van der Waals surface area (Å²) in [6.07, 6.45) is 0. The molecule has 3 amide bonds. The monoisotopic (exact) mass is 520 g/mol. The summed E-state index contributed by atoms with van der Waals surface area (Å²) in [6, 6.07) is 12.0. The number of methoxy groups -OCH3 is 3. The number of anilines is 3. The number of ether oxygens (including phenoxy) is 3. The van der Waals surface area contributed by atoms with Crippen LogP contribution in [0.4, 0.5) is 21.3 Å². The first-order chi connectivity index (χ1) is 17.7. The summed E-state index contributed by atoms with van der Waals surface area (Å²) in [5.74, 6) is 1.12. The minimum absolute atomic E-state index is 0.210. The second-order valence-corrected chi connectivity index (χ2v) is 9.45. The van der Waals surface area contributed by atoms with Crippen molar-refractivity contribution < 1.29 is 23.8 Å². The smallest absolute Gasteiger partial charge is 0.325 e. The van der Waals surface area contributed by atoms with E-state index in [0.717, 1.165) is 27.1 Å². The van der Waals surface area contributed by atoms with E-state index in [0.29, 0.717) is 39.1 Å². The molecule has 0 unspecified atom stereocenters. The Kier molecular flexibility index (Phi) is 7.49. The third kappa shape index (κ3) is 5.59. The number of hydrogen-bond donors (Lipinski definition) is 3. The summed E-state index contributed by atoms with van der Waals surface area (Å²) < 4.78 is 16.7. The van der Waals surface area contributed by atoms with Crippen LogP contribution in [0, 0.1) is 20.8 Å². The van der Waals surface area contributed by atoms with Gasteiger partial charge in [0, 0.05) is 23.4 Å². The van der Waals surface area contributed by atoms with Crippen molar-refractivity contribution in [2.24, 2.45) is 0 Å². The lowest BCUT2D eigenvalue weighted by molar-refractivity contribution is 0.102. The minimum atomic E-state index is -0.507. The van der Waals surface area contributed by atoms with Gasteiger partial charge in [0.15, 0.2) is 16.6 Å². The predicted molar refractivity (Wildman–Crippen MR) is 147 cm³/mol. The van der Waals surface area contributed by atoms with E-state index in [1.165, 1.54) is 32.7 Å². The average molecular weight is 521 g/mol. The molecule has 0 atom stereocenters. The Morgan fingerprint density at radius 2 is 1.43 bits per heavy atom. The van der Waals surface area contributed by atoms with Crippen LogP contribution < -0.4 is 30.2 Å². The predicted octanol–water partition coefficient (Wildman–Crippen LogP) is 6.14.